The van der Waals surface area contributed by atoms with Crippen molar-refractivity contribution < 1.29 is 23.1 Å². The highest BCUT2D eigenvalue weighted by Gasteiger charge is 2.20. The minimum atomic E-state index is -1.39. The molecule has 0 aliphatic carbocycles. The number of oxazole rings is 1. The van der Waals surface area contributed by atoms with Gasteiger partial charge >= 0.3 is 5.97 Å². The zero-order valence-electron chi connectivity index (χ0n) is 7.78. The molecule has 0 aliphatic rings. The van der Waals surface area contributed by atoms with E-state index in [0.29, 0.717) is 0 Å². The van der Waals surface area contributed by atoms with Crippen molar-refractivity contribution in [2.75, 3.05) is 0 Å². The van der Waals surface area contributed by atoms with Crippen LogP contribution in [-0.4, -0.2) is 16.1 Å². The van der Waals surface area contributed by atoms with Crippen molar-refractivity contribution in [2.45, 2.75) is 0 Å². The van der Waals surface area contributed by atoms with Crippen LogP contribution in [0.4, 0.5) is 8.78 Å². The van der Waals surface area contributed by atoms with Gasteiger partial charge in [0, 0.05) is 5.56 Å². The van der Waals surface area contributed by atoms with Gasteiger partial charge in [0.1, 0.15) is 17.3 Å². The van der Waals surface area contributed by atoms with Crippen molar-refractivity contribution in [3.8, 4) is 11.3 Å². The minimum absolute atomic E-state index is 0.232. The number of aromatic nitrogens is 1. The Balaban J connectivity index is 2.62. The van der Waals surface area contributed by atoms with Gasteiger partial charge in [-0.2, -0.15) is 0 Å². The Hall–Kier alpha value is -2.24. The molecule has 1 aromatic carbocycles. The van der Waals surface area contributed by atoms with Crippen molar-refractivity contribution in [2.24, 2.45) is 0 Å². The number of aromatic carboxylic acids is 1. The zero-order valence-corrected chi connectivity index (χ0v) is 7.78. The molecule has 0 unspecified atom stereocenters. The van der Waals surface area contributed by atoms with E-state index in [4.69, 9.17) is 5.11 Å². The molecule has 2 aromatic rings. The van der Waals surface area contributed by atoms with Crippen molar-refractivity contribution in [3.63, 3.8) is 0 Å². The van der Waals surface area contributed by atoms with Crippen molar-refractivity contribution in [1.29, 1.82) is 0 Å². The summed E-state index contributed by atoms with van der Waals surface area (Å²) in [4.78, 5) is 14.3. The van der Waals surface area contributed by atoms with Gasteiger partial charge < -0.3 is 9.52 Å². The molecular formula is C10H5F2NO3. The topological polar surface area (TPSA) is 63.3 Å². The Morgan fingerprint density at radius 3 is 2.81 bits per heavy atom. The number of carbonyl (C=O) groups is 1. The fourth-order valence-corrected chi connectivity index (χ4v) is 1.27. The second-order valence-corrected chi connectivity index (χ2v) is 2.96. The van der Waals surface area contributed by atoms with Crippen LogP contribution in [0.3, 0.4) is 0 Å². The molecule has 6 heteroatoms. The quantitative estimate of drug-likeness (QED) is 0.851. The average Bonchev–Trinajstić information content (AvgIpc) is 2.70. The van der Waals surface area contributed by atoms with E-state index in [-0.39, 0.29) is 11.3 Å². The molecule has 0 amide bonds. The maximum Gasteiger partial charge on any atom is 0.374 e. The molecule has 0 spiro atoms. The minimum Gasteiger partial charge on any atom is -0.475 e. The van der Waals surface area contributed by atoms with E-state index in [1.807, 2.05) is 0 Å². The smallest absolute Gasteiger partial charge is 0.374 e. The Morgan fingerprint density at radius 1 is 1.38 bits per heavy atom. The average molecular weight is 225 g/mol. The summed E-state index contributed by atoms with van der Waals surface area (Å²) in [5.41, 5.74) is -0.476. The van der Waals surface area contributed by atoms with Gasteiger partial charge in [-0.05, 0) is 18.2 Å². The third-order valence-electron chi connectivity index (χ3n) is 1.95. The van der Waals surface area contributed by atoms with Crippen molar-refractivity contribution in [1.82, 2.24) is 4.98 Å². The van der Waals surface area contributed by atoms with Crippen molar-refractivity contribution in [3.05, 3.63) is 42.0 Å². The Labute approximate surface area is 88.2 Å². The number of hydrogen-bond donors (Lipinski definition) is 1. The van der Waals surface area contributed by atoms with Crippen LogP contribution in [0.5, 0.6) is 0 Å². The summed E-state index contributed by atoms with van der Waals surface area (Å²) >= 11 is 0. The van der Waals surface area contributed by atoms with Crippen LogP contribution in [0.25, 0.3) is 11.3 Å². The van der Waals surface area contributed by atoms with E-state index in [1.165, 1.54) is 0 Å². The summed E-state index contributed by atoms with van der Waals surface area (Å²) in [7, 11) is 0. The first-order valence-corrected chi connectivity index (χ1v) is 4.22. The summed E-state index contributed by atoms with van der Waals surface area (Å²) in [5.74, 6) is -3.37. The van der Waals surface area contributed by atoms with Gasteiger partial charge in [-0.25, -0.2) is 18.6 Å². The van der Waals surface area contributed by atoms with Crippen LogP contribution in [-0.2, 0) is 0 Å². The molecule has 16 heavy (non-hydrogen) atoms. The van der Waals surface area contributed by atoms with Crippen LogP contribution in [0.1, 0.15) is 10.6 Å². The van der Waals surface area contributed by atoms with Gasteiger partial charge in [0.15, 0.2) is 6.39 Å². The predicted molar refractivity (Wildman–Crippen MR) is 48.8 cm³/mol. The fourth-order valence-electron chi connectivity index (χ4n) is 1.27. The van der Waals surface area contributed by atoms with E-state index < -0.39 is 23.4 Å². The van der Waals surface area contributed by atoms with Gasteiger partial charge in [0.25, 0.3) is 0 Å². The Morgan fingerprint density at radius 2 is 2.12 bits per heavy atom. The van der Waals surface area contributed by atoms with E-state index in [0.717, 1.165) is 24.6 Å². The van der Waals surface area contributed by atoms with E-state index in [9.17, 15) is 13.6 Å². The summed E-state index contributed by atoms with van der Waals surface area (Å²) < 4.78 is 30.8. The standard InChI is InChI=1S/C10H5F2NO3/c11-5-1-2-7(12)6(3-5)8-9(10(14)15)16-4-13-8/h1-4H,(H,14,15). The lowest BCUT2D eigenvalue weighted by molar-refractivity contribution is 0.0663. The van der Waals surface area contributed by atoms with Crippen LogP contribution in [0.2, 0.25) is 0 Å². The van der Waals surface area contributed by atoms with Gasteiger partial charge in [0.2, 0.25) is 5.76 Å². The van der Waals surface area contributed by atoms with Gasteiger partial charge in [-0.3, -0.25) is 0 Å². The van der Waals surface area contributed by atoms with Gasteiger partial charge in [-0.15, -0.1) is 0 Å². The highest BCUT2D eigenvalue weighted by atomic mass is 19.1. The Kier molecular flexibility index (Phi) is 2.40. The van der Waals surface area contributed by atoms with Crippen LogP contribution >= 0.6 is 0 Å². The molecule has 1 aromatic heterocycles. The van der Waals surface area contributed by atoms with Crippen LogP contribution in [0.15, 0.2) is 29.0 Å². The lowest BCUT2D eigenvalue weighted by Crippen LogP contribution is -1.98. The summed E-state index contributed by atoms with van der Waals surface area (Å²) in [6.45, 7) is 0. The molecule has 0 atom stereocenters. The molecule has 0 aliphatic heterocycles. The van der Waals surface area contributed by atoms with Crippen LogP contribution < -0.4 is 0 Å². The lowest BCUT2D eigenvalue weighted by atomic mass is 10.1. The summed E-state index contributed by atoms with van der Waals surface area (Å²) in [5, 5.41) is 8.73. The molecule has 0 saturated heterocycles. The molecule has 1 N–H and O–H groups in total. The SMILES string of the molecule is O=C(O)c1ocnc1-c1cc(F)ccc1F. The molecular weight excluding hydrogens is 220 g/mol. The number of carboxylic acids is 1. The number of carboxylic acid groups (broad SMARTS) is 1. The number of rotatable bonds is 2. The maximum atomic E-state index is 13.3. The third kappa shape index (κ3) is 1.65. The largest absolute Gasteiger partial charge is 0.475 e. The molecule has 82 valence electrons. The Bertz CT molecular complexity index is 551. The number of halogens is 2. The second kappa shape index (κ2) is 3.73. The maximum absolute atomic E-state index is 13.3. The molecule has 2 rings (SSSR count). The van der Waals surface area contributed by atoms with E-state index >= 15 is 0 Å². The first-order chi connectivity index (χ1) is 7.59. The van der Waals surface area contributed by atoms with E-state index in [2.05, 4.69) is 9.40 Å². The molecule has 0 fully saturated rings. The number of hydrogen-bond acceptors (Lipinski definition) is 3. The molecule has 0 bridgehead atoms. The first-order valence-electron chi connectivity index (χ1n) is 4.22. The highest BCUT2D eigenvalue weighted by molar-refractivity contribution is 5.91. The second-order valence-electron chi connectivity index (χ2n) is 2.96. The molecule has 0 saturated carbocycles. The zero-order chi connectivity index (χ0) is 11.7. The summed E-state index contributed by atoms with van der Waals surface area (Å²) in [6.07, 6.45) is 0.864. The normalized spacial score (nSPS) is 10.4. The molecule has 0 radical (unpaired) electrons. The van der Waals surface area contributed by atoms with Crippen LogP contribution in [0, 0.1) is 11.6 Å². The first kappa shape index (κ1) is 10.3. The lowest BCUT2D eigenvalue weighted by Gasteiger charge is -2.00. The van der Waals surface area contributed by atoms with Gasteiger partial charge in [0.05, 0.1) is 0 Å². The number of nitrogens with zero attached hydrogens (tertiary/aromatic N) is 1. The number of benzene rings is 1. The monoisotopic (exact) mass is 225 g/mol. The van der Waals surface area contributed by atoms with Crippen molar-refractivity contribution >= 4 is 5.97 Å². The van der Waals surface area contributed by atoms with E-state index in [1.54, 1.807) is 0 Å². The van der Waals surface area contributed by atoms with Gasteiger partial charge in [-0.1, -0.05) is 0 Å². The highest BCUT2D eigenvalue weighted by Crippen LogP contribution is 2.25. The molecule has 1 heterocycles. The predicted octanol–water partition coefficient (Wildman–Crippen LogP) is 2.32. The third-order valence-corrected chi connectivity index (χ3v) is 1.95. The summed E-state index contributed by atoms with van der Waals surface area (Å²) in [6, 6.07) is 2.68. The molecule has 4 nitrogen and oxygen atoms in total. The fraction of sp³-hybridized carbons (Fsp3) is 0.